The van der Waals surface area contributed by atoms with Crippen LogP contribution in [0.2, 0.25) is 0 Å². The summed E-state index contributed by atoms with van der Waals surface area (Å²) in [5.74, 6) is 1.38. The zero-order chi connectivity index (χ0) is 14.4. The SMILES string of the molecule is CNc1nc(N(CCO)CCOC)c2ccccc2n1. The summed E-state index contributed by atoms with van der Waals surface area (Å²) < 4.78 is 5.13. The number of nitrogens with zero attached hydrogens (tertiary/aromatic N) is 3. The molecule has 108 valence electrons. The van der Waals surface area contributed by atoms with Crippen molar-refractivity contribution in [1.82, 2.24) is 9.97 Å². The summed E-state index contributed by atoms with van der Waals surface area (Å²) in [7, 11) is 3.45. The standard InChI is InChI=1S/C14H20N4O2/c1-15-14-16-12-6-4-3-5-11(12)13(17-14)18(7-9-19)8-10-20-2/h3-6,19H,7-10H2,1-2H3,(H,15,16,17). The highest BCUT2D eigenvalue weighted by atomic mass is 16.5. The van der Waals surface area contributed by atoms with Gasteiger partial charge in [-0.25, -0.2) is 4.98 Å². The Morgan fingerprint density at radius 2 is 2.05 bits per heavy atom. The van der Waals surface area contributed by atoms with Gasteiger partial charge in [-0.1, -0.05) is 12.1 Å². The number of methoxy groups -OCH3 is 1. The number of nitrogens with one attached hydrogen (secondary N) is 1. The van der Waals surface area contributed by atoms with E-state index < -0.39 is 0 Å². The molecular weight excluding hydrogens is 256 g/mol. The Morgan fingerprint density at radius 1 is 1.25 bits per heavy atom. The molecule has 0 saturated heterocycles. The summed E-state index contributed by atoms with van der Waals surface area (Å²) in [6.45, 7) is 1.82. The summed E-state index contributed by atoms with van der Waals surface area (Å²) in [6, 6.07) is 7.85. The van der Waals surface area contributed by atoms with E-state index in [0.29, 0.717) is 25.6 Å². The Kier molecular flexibility index (Phi) is 5.09. The van der Waals surface area contributed by atoms with Crippen LogP contribution in [-0.4, -0.2) is 55.5 Å². The number of para-hydroxylation sites is 1. The first-order chi connectivity index (χ1) is 9.80. The predicted octanol–water partition coefficient (Wildman–Crippen LogP) is 1.12. The summed E-state index contributed by atoms with van der Waals surface area (Å²) >= 11 is 0. The third-order valence-electron chi connectivity index (χ3n) is 3.04. The number of ether oxygens (including phenoxy) is 1. The van der Waals surface area contributed by atoms with Crippen molar-refractivity contribution < 1.29 is 9.84 Å². The molecule has 0 unspecified atom stereocenters. The summed E-state index contributed by atoms with van der Waals surface area (Å²) in [4.78, 5) is 11.0. The fourth-order valence-electron chi connectivity index (χ4n) is 2.06. The quantitative estimate of drug-likeness (QED) is 0.789. The van der Waals surface area contributed by atoms with Gasteiger partial charge in [0.2, 0.25) is 5.95 Å². The zero-order valence-electron chi connectivity index (χ0n) is 11.8. The van der Waals surface area contributed by atoms with Crippen LogP contribution in [-0.2, 0) is 4.74 Å². The second-order valence-corrected chi connectivity index (χ2v) is 4.34. The molecule has 1 heterocycles. The van der Waals surface area contributed by atoms with E-state index in [1.807, 2.05) is 29.2 Å². The maximum Gasteiger partial charge on any atom is 0.224 e. The Hall–Kier alpha value is -1.92. The van der Waals surface area contributed by atoms with Gasteiger partial charge >= 0.3 is 0 Å². The molecule has 0 saturated carbocycles. The van der Waals surface area contributed by atoms with Crippen molar-refractivity contribution in [2.24, 2.45) is 0 Å². The molecule has 0 bridgehead atoms. The van der Waals surface area contributed by atoms with Crippen molar-refractivity contribution in [2.75, 3.05) is 50.7 Å². The first-order valence-electron chi connectivity index (χ1n) is 6.59. The maximum atomic E-state index is 9.25. The Bertz CT molecular complexity index is 562. The van der Waals surface area contributed by atoms with Crippen molar-refractivity contribution in [1.29, 1.82) is 0 Å². The predicted molar refractivity (Wildman–Crippen MR) is 80.3 cm³/mol. The first-order valence-corrected chi connectivity index (χ1v) is 6.59. The smallest absolute Gasteiger partial charge is 0.224 e. The number of hydrogen-bond donors (Lipinski definition) is 2. The molecule has 20 heavy (non-hydrogen) atoms. The molecule has 0 fully saturated rings. The number of rotatable bonds is 7. The molecule has 0 atom stereocenters. The zero-order valence-corrected chi connectivity index (χ0v) is 11.8. The van der Waals surface area contributed by atoms with E-state index >= 15 is 0 Å². The molecule has 2 rings (SSSR count). The second-order valence-electron chi connectivity index (χ2n) is 4.34. The van der Waals surface area contributed by atoms with Gasteiger partial charge in [0, 0.05) is 32.6 Å². The number of aliphatic hydroxyl groups is 1. The molecular formula is C14H20N4O2. The highest BCUT2D eigenvalue weighted by molar-refractivity contribution is 5.90. The van der Waals surface area contributed by atoms with Crippen LogP contribution >= 0.6 is 0 Å². The largest absolute Gasteiger partial charge is 0.395 e. The van der Waals surface area contributed by atoms with Crippen molar-refractivity contribution in [3.63, 3.8) is 0 Å². The average molecular weight is 276 g/mol. The van der Waals surface area contributed by atoms with Gasteiger partial charge in [-0.15, -0.1) is 0 Å². The van der Waals surface area contributed by atoms with Crippen molar-refractivity contribution in [3.05, 3.63) is 24.3 Å². The highest BCUT2D eigenvalue weighted by Crippen LogP contribution is 2.24. The summed E-state index contributed by atoms with van der Waals surface area (Å²) in [5.41, 5.74) is 0.877. The van der Waals surface area contributed by atoms with E-state index in [1.165, 1.54) is 0 Å². The first kappa shape index (κ1) is 14.5. The lowest BCUT2D eigenvalue weighted by atomic mass is 10.2. The van der Waals surface area contributed by atoms with Crippen LogP contribution in [0.5, 0.6) is 0 Å². The maximum absolute atomic E-state index is 9.25. The van der Waals surface area contributed by atoms with Crippen LogP contribution in [0.4, 0.5) is 11.8 Å². The fourth-order valence-corrected chi connectivity index (χ4v) is 2.06. The molecule has 0 aliphatic heterocycles. The normalized spacial score (nSPS) is 10.8. The Balaban J connectivity index is 2.47. The Labute approximate surface area is 118 Å². The van der Waals surface area contributed by atoms with Crippen LogP contribution in [0.15, 0.2) is 24.3 Å². The molecule has 6 heteroatoms. The van der Waals surface area contributed by atoms with Crippen molar-refractivity contribution >= 4 is 22.7 Å². The van der Waals surface area contributed by atoms with E-state index in [2.05, 4.69) is 15.3 Å². The van der Waals surface area contributed by atoms with Gasteiger partial charge in [0.15, 0.2) is 0 Å². The molecule has 2 N–H and O–H groups in total. The van der Waals surface area contributed by atoms with E-state index in [9.17, 15) is 5.11 Å². The summed E-state index contributed by atoms with van der Waals surface area (Å²) in [5, 5.41) is 13.2. The van der Waals surface area contributed by atoms with E-state index in [-0.39, 0.29) is 6.61 Å². The van der Waals surface area contributed by atoms with Gasteiger partial charge in [-0.3, -0.25) is 0 Å². The van der Waals surface area contributed by atoms with Crippen LogP contribution in [0.1, 0.15) is 0 Å². The lowest BCUT2D eigenvalue weighted by molar-refractivity contribution is 0.202. The van der Waals surface area contributed by atoms with Crippen LogP contribution in [0, 0.1) is 0 Å². The van der Waals surface area contributed by atoms with Gasteiger partial charge in [0.05, 0.1) is 18.7 Å². The van der Waals surface area contributed by atoms with Gasteiger partial charge in [-0.05, 0) is 12.1 Å². The molecule has 0 aliphatic carbocycles. The lowest BCUT2D eigenvalue weighted by Gasteiger charge is -2.24. The molecule has 1 aromatic heterocycles. The van der Waals surface area contributed by atoms with Gasteiger partial charge in [0.1, 0.15) is 5.82 Å². The fraction of sp³-hybridized carbons (Fsp3) is 0.429. The second kappa shape index (κ2) is 7.02. The number of aliphatic hydroxyl groups excluding tert-OH is 1. The third kappa shape index (κ3) is 3.15. The minimum absolute atomic E-state index is 0.0664. The van der Waals surface area contributed by atoms with Crippen molar-refractivity contribution in [2.45, 2.75) is 0 Å². The number of benzene rings is 1. The average Bonchev–Trinajstić information content (AvgIpc) is 2.50. The minimum Gasteiger partial charge on any atom is -0.395 e. The monoisotopic (exact) mass is 276 g/mol. The molecule has 0 radical (unpaired) electrons. The number of aromatic nitrogens is 2. The number of fused-ring (bicyclic) bond motifs is 1. The lowest BCUT2D eigenvalue weighted by Crippen LogP contribution is -2.31. The van der Waals surface area contributed by atoms with Crippen LogP contribution < -0.4 is 10.2 Å². The molecule has 0 aliphatic rings. The molecule has 0 spiro atoms. The highest BCUT2D eigenvalue weighted by Gasteiger charge is 2.13. The van der Waals surface area contributed by atoms with E-state index in [4.69, 9.17) is 4.74 Å². The Morgan fingerprint density at radius 3 is 2.75 bits per heavy atom. The minimum atomic E-state index is 0.0664. The molecule has 2 aromatic rings. The van der Waals surface area contributed by atoms with Gasteiger partial charge in [0.25, 0.3) is 0 Å². The molecule has 1 aromatic carbocycles. The van der Waals surface area contributed by atoms with Crippen LogP contribution in [0.25, 0.3) is 10.9 Å². The van der Waals surface area contributed by atoms with Crippen molar-refractivity contribution in [3.8, 4) is 0 Å². The van der Waals surface area contributed by atoms with Gasteiger partial charge < -0.3 is 20.1 Å². The van der Waals surface area contributed by atoms with E-state index in [0.717, 1.165) is 16.7 Å². The summed E-state index contributed by atoms with van der Waals surface area (Å²) in [6.07, 6.45) is 0. The van der Waals surface area contributed by atoms with Gasteiger partial charge in [-0.2, -0.15) is 4.98 Å². The molecule has 6 nitrogen and oxygen atoms in total. The third-order valence-corrected chi connectivity index (χ3v) is 3.04. The van der Waals surface area contributed by atoms with Crippen LogP contribution in [0.3, 0.4) is 0 Å². The molecule has 0 amide bonds. The number of anilines is 2. The topological polar surface area (TPSA) is 70.5 Å². The number of hydrogen-bond acceptors (Lipinski definition) is 6. The van der Waals surface area contributed by atoms with E-state index in [1.54, 1.807) is 14.2 Å².